The monoisotopic (exact) mass is 183 g/mol. The third kappa shape index (κ3) is 3.93. The van der Waals surface area contributed by atoms with E-state index >= 15 is 0 Å². The van der Waals surface area contributed by atoms with E-state index in [0.29, 0.717) is 0 Å². The molecule has 1 heterocycles. The maximum absolute atomic E-state index is 5.68. The minimum atomic E-state index is 0.241. The van der Waals surface area contributed by atoms with Crippen LogP contribution in [0.3, 0.4) is 0 Å². The number of hydrogen-bond donors (Lipinski definition) is 1. The highest BCUT2D eigenvalue weighted by Crippen LogP contribution is 2.08. The predicted octanol–water partition coefficient (Wildman–Crippen LogP) is 1.91. The maximum atomic E-state index is 5.68. The molecule has 0 spiro atoms. The minimum Gasteiger partial charge on any atom is -0.266 e. The van der Waals surface area contributed by atoms with Gasteiger partial charge in [-0.15, -0.1) is 16.7 Å². The lowest BCUT2D eigenvalue weighted by Gasteiger charge is -1.99. The average Bonchev–Trinajstić information content (AvgIpc) is 2.62. The van der Waals surface area contributed by atoms with Gasteiger partial charge in [-0.25, -0.2) is 0 Å². The highest BCUT2D eigenvalue weighted by atomic mass is 35.5. The number of aromatic nitrogens is 3. The molecule has 0 amide bonds. The summed E-state index contributed by atoms with van der Waals surface area (Å²) < 4.78 is 0. The molecule has 0 saturated heterocycles. The molecule has 4 heteroatoms. The van der Waals surface area contributed by atoms with E-state index in [2.05, 4.69) is 21.5 Å². The Kier molecular flexibility index (Phi) is 4.16. The third-order valence-corrected chi connectivity index (χ3v) is 1.58. The molecule has 0 radical (unpaired) electrons. The summed E-state index contributed by atoms with van der Waals surface area (Å²) in [6.07, 6.45) is 12.3. The smallest absolute Gasteiger partial charge is 0.0690 e. The van der Waals surface area contributed by atoms with Crippen LogP contribution in [0.2, 0.25) is 0 Å². The Morgan fingerprint density at radius 3 is 2.58 bits per heavy atom. The van der Waals surface area contributed by atoms with Gasteiger partial charge < -0.3 is 0 Å². The van der Waals surface area contributed by atoms with Crippen LogP contribution < -0.4 is 0 Å². The summed E-state index contributed by atoms with van der Waals surface area (Å²) >= 11 is 5.68. The van der Waals surface area contributed by atoms with Gasteiger partial charge in [-0.05, 0) is 6.42 Å². The summed E-state index contributed by atoms with van der Waals surface area (Å²) in [4.78, 5) is 0. The molecule has 3 nitrogen and oxygen atoms in total. The van der Waals surface area contributed by atoms with Crippen molar-refractivity contribution in [2.24, 2.45) is 0 Å². The van der Waals surface area contributed by atoms with Crippen molar-refractivity contribution in [3.05, 3.63) is 36.7 Å². The molecule has 0 fully saturated rings. The summed E-state index contributed by atoms with van der Waals surface area (Å²) in [7, 11) is 0. The second kappa shape index (κ2) is 5.55. The fraction of sp³-hybridized carbons (Fsp3) is 0.250. The number of hydrogen-bond acceptors (Lipinski definition) is 2. The lowest BCUT2D eigenvalue weighted by atomic mass is 10.2. The molecule has 0 saturated carbocycles. The normalized spacial score (nSPS) is 19.9. The van der Waals surface area contributed by atoms with Crippen molar-refractivity contribution in [3.63, 3.8) is 0 Å². The van der Waals surface area contributed by atoms with Crippen molar-refractivity contribution in [1.82, 2.24) is 15.4 Å². The Hall–Kier alpha value is -1.09. The molecule has 1 N–H and O–H groups in total. The first-order chi connectivity index (χ1) is 5.89. The van der Waals surface area contributed by atoms with E-state index in [0.717, 1.165) is 6.42 Å². The number of H-pyrrole nitrogens is 1. The summed E-state index contributed by atoms with van der Waals surface area (Å²) in [5.41, 5.74) is 0. The van der Waals surface area contributed by atoms with Crippen molar-refractivity contribution in [3.8, 4) is 0 Å². The Morgan fingerprint density at radius 2 is 2.33 bits per heavy atom. The van der Waals surface area contributed by atoms with Gasteiger partial charge in [0.05, 0.1) is 11.6 Å². The fourth-order valence-corrected chi connectivity index (χ4v) is 0.904. The summed E-state index contributed by atoms with van der Waals surface area (Å²) in [5, 5.41) is 9.50. The first-order valence-corrected chi connectivity index (χ1v) is 4.11. The van der Waals surface area contributed by atoms with E-state index in [1.54, 1.807) is 12.4 Å². The minimum absolute atomic E-state index is 0.241. The Morgan fingerprint density at radius 1 is 1.42 bits per heavy atom. The van der Waals surface area contributed by atoms with Crippen LogP contribution in [0.25, 0.3) is 0 Å². The molecule has 1 aliphatic carbocycles. The van der Waals surface area contributed by atoms with Gasteiger partial charge >= 0.3 is 0 Å². The van der Waals surface area contributed by atoms with Gasteiger partial charge in [-0.2, -0.15) is 0 Å². The SMILES string of the molecule is ClC1C=CC=CC1.c1c[nH]nn1. The van der Waals surface area contributed by atoms with E-state index in [4.69, 9.17) is 11.6 Å². The number of nitrogens with zero attached hydrogens (tertiary/aromatic N) is 2. The van der Waals surface area contributed by atoms with Gasteiger partial charge in [0.15, 0.2) is 0 Å². The summed E-state index contributed by atoms with van der Waals surface area (Å²) in [5.74, 6) is 0. The van der Waals surface area contributed by atoms with Gasteiger partial charge in [0.2, 0.25) is 0 Å². The van der Waals surface area contributed by atoms with Crippen molar-refractivity contribution < 1.29 is 0 Å². The molecule has 64 valence electrons. The molecule has 0 aromatic carbocycles. The van der Waals surface area contributed by atoms with Crippen LogP contribution in [-0.2, 0) is 0 Å². The number of aromatic amines is 1. The number of rotatable bonds is 0. The molecule has 0 bridgehead atoms. The Balaban J connectivity index is 0.000000127. The van der Waals surface area contributed by atoms with Crippen LogP contribution in [0.4, 0.5) is 0 Å². The molecule has 1 aromatic rings. The molecule has 1 atom stereocenters. The molecule has 2 rings (SSSR count). The second-order valence-electron chi connectivity index (χ2n) is 2.23. The molecular formula is C8H10ClN3. The zero-order valence-corrected chi connectivity index (χ0v) is 7.28. The molecular weight excluding hydrogens is 174 g/mol. The first-order valence-electron chi connectivity index (χ1n) is 3.67. The van der Waals surface area contributed by atoms with Crippen molar-refractivity contribution in [2.45, 2.75) is 11.8 Å². The van der Waals surface area contributed by atoms with Crippen LogP contribution in [0.1, 0.15) is 6.42 Å². The molecule has 0 aliphatic heterocycles. The first kappa shape index (κ1) is 9.00. The topological polar surface area (TPSA) is 41.6 Å². The largest absolute Gasteiger partial charge is 0.266 e. The molecule has 1 aliphatic rings. The van der Waals surface area contributed by atoms with Crippen LogP contribution in [0.5, 0.6) is 0 Å². The number of alkyl halides is 1. The zero-order valence-electron chi connectivity index (χ0n) is 6.52. The molecule has 1 unspecified atom stereocenters. The Labute approximate surface area is 76.1 Å². The van der Waals surface area contributed by atoms with Gasteiger partial charge in [0, 0.05) is 6.20 Å². The quantitative estimate of drug-likeness (QED) is 0.625. The van der Waals surface area contributed by atoms with Crippen LogP contribution >= 0.6 is 11.6 Å². The second-order valence-corrected chi connectivity index (χ2v) is 2.79. The highest BCUT2D eigenvalue weighted by Gasteiger charge is 1.95. The van der Waals surface area contributed by atoms with Gasteiger partial charge in [-0.3, -0.25) is 5.10 Å². The lowest BCUT2D eigenvalue weighted by molar-refractivity contribution is 0.940. The van der Waals surface area contributed by atoms with Gasteiger partial charge in [0.25, 0.3) is 0 Å². The van der Waals surface area contributed by atoms with Crippen LogP contribution in [0.15, 0.2) is 36.7 Å². The lowest BCUT2D eigenvalue weighted by Crippen LogP contribution is -1.91. The Bertz CT molecular complexity index is 224. The number of allylic oxidation sites excluding steroid dienone is 4. The zero-order chi connectivity index (χ0) is 8.65. The molecule has 12 heavy (non-hydrogen) atoms. The standard InChI is InChI=1S/C6H7Cl.C2H3N3/c7-6-4-2-1-3-5-6;1-2-4-5-3-1/h1-4,6H,5H2;1-2H,(H,3,4,5). The number of nitrogens with one attached hydrogen (secondary N) is 1. The van der Waals surface area contributed by atoms with Gasteiger partial charge in [0.1, 0.15) is 0 Å². The van der Waals surface area contributed by atoms with E-state index in [-0.39, 0.29) is 5.38 Å². The van der Waals surface area contributed by atoms with Crippen molar-refractivity contribution >= 4 is 11.6 Å². The van der Waals surface area contributed by atoms with Crippen LogP contribution in [0, 0.1) is 0 Å². The van der Waals surface area contributed by atoms with Gasteiger partial charge in [-0.1, -0.05) is 29.5 Å². The van der Waals surface area contributed by atoms with E-state index in [1.807, 2.05) is 18.2 Å². The van der Waals surface area contributed by atoms with E-state index in [9.17, 15) is 0 Å². The van der Waals surface area contributed by atoms with E-state index < -0.39 is 0 Å². The molecule has 1 aromatic heterocycles. The van der Waals surface area contributed by atoms with Crippen molar-refractivity contribution in [1.29, 1.82) is 0 Å². The van der Waals surface area contributed by atoms with Crippen LogP contribution in [-0.4, -0.2) is 20.8 Å². The maximum Gasteiger partial charge on any atom is 0.0690 e. The number of halogens is 1. The predicted molar refractivity (Wildman–Crippen MR) is 48.9 cm³/mol. The third-order valence-electron chi connectivity index (χ3n) is 1.26. The van der Waals surface area contributed by atoms with Crippen molar-refractivity contribution in [2.75, 3.05) is 0 Å². The average molecular weight is 184 g/mol. The fourth-order valence-electron chi connectivity index (χ4n) is 0.717. The summed E-state index contributed by atoms with van der Waals surface area (Å²) in [6, 6.07) is 0. The van der Waals surface area contributed by atoms with E-state index in [1.165, 1.54) is 0 Å². The highest BCUT2D eigenvalue weighted by molar-refractivity contribution is 6.21. The summed E-state index contributed by atoms with van der Waals surface area (Å²) in [6.45, 7) is 0.